The van der Waals surface area contributed by atoms with E-state index in [2.05, 4.69) is 20.2 Å². The van der Waals surface area contributed by atoms with Crippen LogP contribution < -0.4 is 10.0 Å². The Morgan fingerprint density at radius 3 is 2.67 bits per heavy atom. The lowest BCUT2D eigenvalue weighted by Crippen LogP contribution is -2.36. The molecular weight excluding hydrogens is 280 g/mol. The SMILES string of the molecule is CC[C@H](CO)NS(=O)(=O)c1nnc(NC(C)=O)s1. The molecule has 3 N–H and O–H groups in total. The summed E-state index contributed by atoms with van der Waals surface area (Å²) >= 11 is 0.745. The molecule has 0 radical (unpaired) electrons. The van der Waals surface area contributed by atoms with Gasteiger partial charge in [0.1, 0.15) is 0 Å². The second kappa shape index (κ2) is 6.18. The van der Waals surface area contributed by atoms with Crippen LogP contribution in [0.15, 0.2) is 4.34 Å². The molecule has 0 aliphatic heterocycles. The van der Waals surface area contributed by atoms with Crippen molar-refractivity contribution in [1.29, 1.82) is 0 Å². The lowest BCUT2D eigenvalue weighted by molar-refractivity contribution is -0.114. The minimum Gasteiger partial charge on any atom is -0.395 e. The molecule has 0 aliphatic rings. The van der Waals surface area contributed by atoms with Crippen molar-refractivity contribution in [3.8, 4) is 0 Å². The van der Waals surface area contributed by atoms with Crippen LogP contribution in [0.2, 0.25) is 0 Å². The molecule has 1 aromatic heterocycles. The van der Waals surface area contributed by atoms with Gasteiger partial charge in [-0.25, -0.2) is 13.1 Å². The van der Waals surface area contributed by atoms with Crippen LogP contribution >= 0.6 is 11.3 Å². The first-order chi connectivity index (χ1) is 8.39. The Kier molecular flexibility index (Phi) is 5.14. The van der Waals surface area contributed by atoms with E-state index in [9.17, 15) is 13.2 Å². The molecular formula is C8H14N4O4S2. The Hall–Kier alpha value is -1.10. The molecule has 1 amide bonds. The van der Waals surface area contributed by atoms with Gasteiger partial charge in [-0.05, 0) is 6.42 Å². The van der Waals surface area contributed by atoms with Gasteiger partial charge in [-0.15, -0.1) is 10.2 Å². The number of aliphatic hydroxyl groups is 1. The minimum atomic E-state index is -3.82. The summed E-state index contributed by atoms with van der Waals surface area (Å²) in [6, 6.07) is -0.567. The molecule has 102 valence electrons. The predicted molar refractivity (Wildman–Crippen MR) is 65.7 cm³/mol. The monoisotopic (exact) mass is 294 g/mol. The van der Waals surface area contributed by atoms with Crippen molar-refractivity contribution in [2.24, 2.45) is 0 Å². The van der Waals surface area contributed by atoms with Gasteiger partial charge in [-0.2, -0.15) is 0 Å². The van der Waals surface area contributed by atoms with E-state index in [0.717, 1.165) is 11.3 Å². The maximum Gasteiger partial charge on any atom is 0.270 e. The standard InChI is InChI=1S/C8H14N4O4S2/c1-3-6(4-13)12-18(15,16)8-11-10-7(17-8)9-5(2)14/h6,12-13H,3-4H2,1-2H3,(H,9,10,14)/t6-/m1/s1. The Labute approximate surface area is 108 Å². The zero-order valence-electron chi connectivity index (χ0n) is 9.87. The Bertz CT molecular complexity index is 509. The number of carbonyl (C=O) groups is 1. The van der Waals surface area contributed by atoms with E-state index in [1.807, 2.05) is 0 Å². The van der Waals surface area contributed by atoms with Crippen LogP contribution in [0.1, 0.15) is 20.3 Å². The van der Waals surface area contributed by atoms with Crippen LogP contribution in [-0.2, 0) is 14.8 Å². The quantitative estimate of drug-likeness (QED) is 0.611. The molecule has 0 unspecified atom stereocenters. The smallest absolute Gasteiger partial charge is 0.270 e. The fraction of sp³-hybridized carbons (Fsp3) is 0.625. The van der Waals surface area contributed by atoms with Crippen molar-refractivity contribution in [3.63, 3.8) is 0 Å². The molecule has 0 aliphatic carbocycles. The number of hydrogen-bond acceptors (Lipinski definition) is 7. The average Bonchev–Trinajstić information content (AvgIpc) is 2.74. The third-order valence-electron chi connectivity index (χ3n) is 1.95. The summed E-state index contributed by atoms with van der Waals surface area (Å²) in [5.41, 5.74) is 0. The summed E-state index contributed by atoms with van der Waals surface area (Å²) in [4.78, 5) is 10.8. The number of anilines is 1. The molecule has 1 atom stereocenters. The zero-order valence-corrected chi connectivity index (χ0v) is 11.5. The molecule has 0 aromatic carbocycles. The summed E-state index contributed by atoms with van der Waals surface area (Å²) in [7, 11) is -3.82. The van der Waals surface area contributed by atoms with Crippen molar-refractivity contribution in [2.75, 3.05) is 11.9 Å². The number of hydrogen-bond donors (Lipinski definition) is 3. The van der Waals surface area contributed by atoms with E-state index in [1.165, 1.54) is 6.92 Å². The number of rotatable bonds is 6. The maximum absolute atomic E-state index is 11.8. The lowest BCUT2D eigenvalue weighted by atomic mass is 10.3. The molecule has 10 heteroatoms. The first-order valence-corrected chi connectivity index (χ1v) is 7.43. The summed E-state index contributed by atoms with van der Waals surface area (Å²) in [6.07, 6.45) is 0.451. The third-order valence-corrected chi connectivity index (χ3v) is 4.68. The Morgan fingerprint density at radius 2 is 2.17 bits per heavy atom. The highest BCUT2D eigenvalue weighted by atomic mass is 32.2. The van der Waals surface area contributed by atoms with Gasteiger partial charge in [-0.1, -0.05) is 18.3 Å². The number of aromatic nitrogens is 2. The van der Waals surface area contributed by atoms with E-state index in [1.54, 1.807) is 6.92 Å². The highest BCUT2D eigenvalue weighted by Crippen LogP contribution is 2.19. The van der Waals surface area contributed by atoms with Crippen LogP contribution in [0.3, 0.4) is 0 Å². The molecule has 0 spiro atoms. The number of aliphatic hydroxyl groups excluding tert-OH is 1. The van der Waals surface area contributed by atoms with Crippen LogP contribution in [0.25, 0.3) is 0 Å². The lowest BCUT2D eigenvalue weighted by Gasteiger charge is -2.11. The largest absolute Gasteiger partial charge is 0.395 e. The fourth-order valence-corrected chi connectivity index (χ4v) is 3.31. The van der Waals surface area contributed by atoms with Crippen molar-refractivity contribution in [1.82, 2.24) is 14.9 Å². The predicted octanol–water partition coefficient (Wildman–Crippen LogP) is -0.454. The van der Waals surface area contributed by atoms with E-state index >= 15 is 0 Å². The minimum absolute atomic E-state index is 0.111. The molecule has 1 aromatic rings. The van der Waals surface area contributed by atoms with E-state index in [0.29, 0.717) is 6.42 Å². The normalized spacial score (nSPS) is 13.3. The van der Waals surface area contributed by atoms with Crippen molar-refractivity contribution in [3.05, 3.63) is 0 Å². The van der Waals surface area contributed by atoms with Gasteiger partial charge in [0.25, 0.3) is 10.0 Å². The summed E-state index contributed by atoms with van der Waals surface area (Å²) < 4.78 is 25.7. The molecule has 8 nitrogen and oxygen atoms in total. The van der Waals surface area contributed by atoms with Gasteiger partial charge in [0, 0.05) is 13.0 Å². The Morgan fingerprint density at radius 1 is 1.50 bits per heavy atom. The van der Waals surface area contributed by atoms with Gasteiger partial charge in [-0.3, -0.25) is 4.79 Å². The van der Waals surface area contributed by atoms with Gasteiger partial charge in [0.05, 0.1) is 6.61 Å². The van der Waals surface area contributed by atoms with Gasteiger partial charge < -0.3 is 10.4 Å². The number of sulfonamides is 1. The van der Waals surface area contributed by atoms with Crippen molar-refractivity contribution < 1.29 is 18.3 Å². The molecule has 0 saturated carbocycles. The number of amides is 1. The van der Waals surface area contributed by atoms with Crippen LogP contribution in [0, 0.1) is 0 Å². The molecule has 1 rings (SSSR count). The van der Waals surface area contributed by atoms with Crippen molar-refractivity contribution in [2.45, 2.75) is 30.6 Å². The second-order valence-electron chi connectivity index (χ2n) is 3.46. The van der Waals surface area contributed by atoms with E-state index in [-0.39, 0.29) is 22.0 Å². The topological polar surface area (TPSA) is 121 Å². The van der Waals surface area contributed by atoms with E-state index < -0.39 is 16.1 Å². The number of nitrogens with one attached hydrogen (secondary N) is 2. The van der Waals surface area contributed by atoms with Crippen LogP contribution in [-0.4, -0.2) is 42.3 Å². The van der Waals surface area contributed by atoms with Gasteiger partial charge in [0.15, 0.2) is 0 Å². The Balaban J connectivity index is 2.85. The number of nitrogens with zero attached hydrogens (tertiary/aromatic N) is 2. The highest BCUT2D eigenvalue weighted by molar-refractivity contribution is 7.91. The van der Waals surface area contributed by atoms with Crippen LogP contribution in [0.5, 0.6) is 0 Å². The number of carbonyl (C=O) groups excluding carboxylic acids is 1. The second-order valence-corrected chi connectivity index (χ2v) is 6.33. The molecule has 18 heavy (non-hydrogen) atoms. The first-order valence-electron chi connectivity index (χ1n) is 5.13. The summed E-state index contributed by atoms with van der Waals surface area (Å²) in [5, 5.41) is 18.4. The molecule has 0 fully saturated rings. The summed E-state index contributed by atoms with van der Waals surface area (Å²) in [6.45, 7) is 2.73. The molecule has 0 saturated heterocycles. The van der Waals surface area contributed by atoms with E-state index in [4.69, 9.17) is 5.11 Å². The first kappa shape index (κ1) is 15.0. The average molecular weight is 294 g/mol. The zero-order chi connectivity index (χ0) is 13.8. The van der Waals surface area contributed by atoms with Gasteiger partial charge >= 0.3 is 0 Å². The molecule has 1 heterocycles. The third kappa shape index (κ3) is 3.98. The van der Waals surface area contributed by atoms with Crippen LogP contribution in [0.4, 0.5) is 5.13 Å². The van der Waals surface area contributed by atoms with Gasteiger partial charge in [0.2, 0.25) is 15.4 Å². The maximum atomic E-state index is 11.8. The fourth-order valence-electron chi connectivity index (χ4n) is 1.04. The molecule has 0 bridgehead atoms. The highest BCUT2D eigenvalue weighted by Gasteiger charge is 2.23. The van der Waals surface area contributed by atoms with Crippen molar-refractivity contribution >= 4 is 32.4 Å². The summed E-state index contributed by atoms with van der Waals surface area (Å²) in [5.74, 6) is -0.357.